The highest BCUT2D eigenvalue weighted by Gasteiger charge is 2.13. The zero-order valence-corrected chi connectivity index (χ0v) is 12.1. The molecule has 19 heavy (non-hydrogen) atoms. The zero-order chi connectivity index (χ0) is 14.3. The highest BCUT2D eigenvalue weighted by Crippen LogP contribution is 2.15. The molecular weight excluding hydrogens is 266 g/mol. The van der Waals surface area contributed by atoms with Crippen molar-refractivity contribution < 1.29 is 18.3 Å². The van der Waals surface area contributed by atoms with Gasteiger partial charge in [0.1, 0.15) is 5.75 Å². The molecule has 0 saturated heterocycles. The third kappa shape index (κ3) is 6.04. The fraction of sp³-hybridized carbons (Fsp3) is 0.538. The van der Waals surface area contributed by atoms with E-state index in [1.165, 1.54) is 24.3 Å². The standard InChI is InChI=1S/C13H21NO4S/c1-11(2)18-9-4-3-8-14-19(16,17)13-7-5-6-12(15)10-13/h5-7,10-11,14-15H,3-4,8-9H2,1-2H3. The lowest BCUT2D eigenvalue weighted by molar-refractivity contribution is 0.0762. The van der Waals surface area contributed by atoms with Crippen LogP contribution in [0.15, 0.2) is 29.2 Å². The van der Waals surface area contributed by atoms with Crippen LogP contribution in [0.3, 0.4) is 0 Å². The molecule has 0 fully saturated rings. The first-order chi connectivity index (χ1) is 8.92. The molecule has 1 rings (SSSR count). The van der Waals surface area contributed by atoms with Gasteiger partial charge in [0.25, 0.3) is 0 Å². The number of phenolic OH excluding ortho intramolecular Hbond substituents is 1. The molecule has 0 bridgehead atoms. The fourth-order valence-electron chi connectivity index (χ4n) is 1.49. The second-order valence-electron chi connectivity index (χ2n) is 4.52. The van der Waals surface area contributed by atoms with E-state index in [1.807, 2.05) is 13.8 Å². The molecule has 0 aliphatic heterocycles. The summed E-state index contributed by atoms with van der Waals surface area (Å²) in [5, 5.41) is 9.26. The SMILES string of the molecule is CC(C)OCCCCNS(=O)(=O)c1cccc(O)c1. The van der Waals surface area contributed by atoms with Gasteiger partial charge in [-0.25, -0.2) is 13.1 Å². The maximum Gasteiger partial charge on any atom is 0.240 e. The van der Waals surface area contributed by atoms with E-state index in [1.54, 1.807) is 0 Å². The molecular formula is C13H21NO4S. The van der Waals surface area contributed by atoms with Crippen LogP contribution < -0.4 is 4.72 Å². The van der Waals surface area contributed by atoms with Crippen molar-refractivity contribution in [1.82, 2.24) is 4.72 Å². The van der Waals surface area contributed by atoms with E-state index in [-0.39, 0.29) is 16.7 Å². The van der Waals surface area contributed by atoms with Crippen LogP contribution in [0.4, 0.5) is 0 Å². The van der Waals surface area contributed by atoms with E-state index in [4.69, 9.17) is 4.74 Å². The molecule has 0 aliphatic carbocycles. The molecule has 0 atom stereocenters. The van der Waals surface area contributed by atoms with Crippen molar-refractivity contribution in [1.29, 1.82) is 0 Å². The fourth-order valence-corrected chi connectivity index (χ4v) is 2.60. The number of nitrogens with one attached hydrogen (secondary N) is 1. The number of sulfonamides is 1. The Morgan fingerprint density at radius 3 is 2.68 bits per heavy atom. The second-order valence-corrected chi connectivity index (χ2v) is 6.29. The third-order valence-corrected chi connectivity index (χ3v) is 3.90. The average Bonchev–Trinajstić information content (AvgIpc) is 2.33. The normalized spacial score (nSPS) is 11.9. The van der Waals surface area contributed by atoms with Crippen molar-refractivity contribution in [2.75, 3.05) is 13.2 Å². The molecule has 2 N–H and O–H groups in total. The summed E-state index contributed by atoms with van der Waals surface area (Å²) in [6.45, 7) is 4.92. The van der Waals surface area contributed by atoms with Gasteiger partial charge >= 0.3 is 0 Å². The quantitative estimate of drug-likeness (QED) is 0.716. The van der Waals surface area contributed by atoms with Crippen molar-refractivity contribution in [2.24, 2.45) is 0 Å². The maximum atomic E-state index is 11.9. The van der Waals surface area contributed by atoms with Gasteiger partial charge in [-0.15, -0.1) is 0 Å². The van der Waals surface area contributed by atoms with Gasteiger partial charge in [-0.3, -0.25) is 0 Å². The van der Waals surface area contributed by atoms with Gasteiger partial charge < -0.3 is 9.84 Å². The van der Waals surface area contributed by atoms with E-state index in [9.17, 15) is 13.5 Å². The Morgan fingerprint density at radius 1 is 1.32 bits per heavy atom. The lowest BCUT2D eigenvalue weighted by atomic mass is 10.3. The highest BCUT2D eigenvalue weighted by molar-refractivity contribution is 7.89. The number of hydrogen-bond donors (Lipinski definition) is 2. The number of unbranched alkanes of at least 4 members (excludes halogenated alkanes) is 1. The maximum absolute atomic E-state index is 11.9. The van der Waals surface area contributed by atoms with Gasteiger partial charge in [-0.1, -0.05) is 6.07 Å². The van der Waals surface area contributed by atoms with Crippen LogP contribution in [0, 0.1) is 0 Å². The Balaban J connectivity index is 2.36. The molecule has 0 aromatic heterocycles. The molecule has 0 amide bonds. The van der Waals surface area contributed by atoms with E-state index in [2.05, 4.69) is 4.72 Å². The smallest absolute Gasteiger partial charge is 0.240 e. The summed E-state index contributed by atoms with van der Waals surface area (Å²) in [5.74, 6) is -0.0618. The third-order valence-electron chi connectivity index (χ3n) is 2.44. The Morgan fingerprint density at radius 2 is 2.05 bits per heavy atom. The van der Waals surface area contributed by atoms with Crippen LogP contribution in [0.2, 0.25) is 0 Å². The monoisotopic (exact) mass is 287 g/mol. The first-order valence-corrected chi connectivity index (χ1v) is 7.80. The van der Waals surface area contributed by atoms with E-state index in [0.717, 1.165) is 6.42 Å². The molecule has 5 nitrogen and oxygen atoms in total. The molecule has 6 heteroatoms. The molecule has 0 spiro atoms. The van der Waals surface area contributed by atoms with Crippen molar-refractivity contribution in [3.8, 4) is 5.75 Å². The Hall–Kier alpha value is -1.11. The molecule has 108 valence electrons. The van der Waals surface area contributed by atoms with Crippen LogP contribution in [-0.4, -0.2) is 32.8 Å². The number of ether oxygens (including phenoxy) is 1. The van der Waals surface area contributed by atoms with E-state index in [0.29, 0.717) is 19.6 Å². The molecule has 0 aliphatic rings. The first kappa shape index (κ1) is 15.9. The molecule has 0 heterocycles. The summed E-state index contributed by atoms with van der Waals surface area (Å²) < 4.78 is 31.6. The lowest BCUT2D eigenvalue weighted by Crippen LogP contribution is -2.25. The van der Waals surface area contributed by atoms with Crippen LogP contribution >= 0.6 is 0 Å². The van der Waals surface area contributed by atoms with E-state index < -0.39 is 10.0 Å². The van der Waals surface area contributed by atoms with Crippen LogP contribution in [0.1, 0.15) is 26.7 Å². The minimum absolute atomic E-state index is 0.0618. The molecule has 0 saturated carbocycles. The highest BCUT2D eigenvalue weighted by atomic mass is 32.2. The van der Waals surface area contributed by atoms with Crippen molar-refractivity contribution in [3.63, 3.8) is 0 Å². The van der Waals surface area contributed by atoms with Crippen LogP contribution in [0.5, 0.6) is 5.75 Å². The van der Waals surface area contributed by atoms with E-state index >= 15 is 0 Å². The Labute approximate surface area is 114 Å². The summed E-state index contributed by atoms with van der Waals surface area (Å²) in [4.78, 5) is 0.0749. The Kier molecular flexibility index (Phi) is 6.27. The van der Waals surface area contributed by atoms with Crippen molar-refractivity contribution in [3.05, 3.63) is 24.3 Å². The Bertz CT molecular complexity index is 485. The predicted molar refractivity (Wildman–Crippen MR) is 73.6 cm³/mol. The summed E-state index contributed by atoms with van der Waals surface area (Å²) in [7, 11) is -3.54. The van der Waals surface area contributed by atoms with Gasteiger partial charge in [0, 0.05) is 13.2 Å². The van der Waals surface area contributed by atoms with Crippen molar-refractivity contribution >= 4 is 10.0 Å². The zero-order valence-electron chi connectivity index (χ0n) is 11.3. The number of hydrogen-bond acceptors (Lipinski definition) is 4. The average molecular weight is 287 g/mol. The van der Waals surface area contributed by atoms with Gasteiger partial charge in [0.05, 0.1) is 11.0 Å². The lowest BCUT2D eigenvalue weighted by Gasteiger charge is -2.08. The minimum atomic E-state index is -3.54. The summed E-state index contributed by atoms with van der Waals surface area (Å²) >= 11 is 0. The first-order valence-electron chi connectivity index (χ1n) is 6.32. The number of benzene rings is 1. The summed E-state index contributed by atoms with van der Waals surface area (Å²) in [6, 6.07) is 5.61. The molecule has 0 unspecified atom stereocenters. The van der Waals surface area contributed by atoms with Crippen LogP contribution in [0.25, 0.3) is 0 Å². The topological polar surface area (TPSA) is 75.6 Å². The minimum Gasteiger partial charge on any atom is -0.508 e. The number of rotatable bonds is 8. The van der Waals surface area contributed by atoms with Gasteiger partial charge in [-0.2, -0.15) is 0 Å². The van der Waals surface area contributed by atoms with Crippen LogP contribution in [-0.2, 0) is 14.8 Å². The summed E-state index contributed by atoms with van der Waals surface area (Å²) in [5.41, 5.74) is 0. The second kappa shape index (κ2) is 7.47. The molecule has 1 aromatic carbocycles. The van der Waals surface area contributed by atoms with Gasteiger partial charge in [0.2, 0.25) is 10.0 Å². The number of phenols is 1. The van der Waals surface area contributed by atoms with Gasteiger partial charge in [-0.05, 0) is 44.9 Å². The van der Waals surface area contributed by atoms with Gasteiger partial charge in [0.15, 0.2) is 0 Å². The molecule has 1 aromatic rings. The predicted octanol–water partition coefficient (Wildman–Crippen LogP) is 1.88. The largest absolute Gasteiger partial charge is 0.508 e. The summed E-state index contributed by atoms with van der Waals surface area (Å²) in [6.07, 6.45) is 1.72. The van der Waals surface area contributed by atoms with Crippen molar-refractivity contribution in [2.45, 2.75) is 37.7 Å². The molecule has 0 radical (unpaired) electrons. The number of aromatic hydroxyl groups is 1.